The van der Waals surface area contributed by atoms with Crippen molar-refractivity contribution in [1.29, 1.82) is 0 Å². The topological polar surface area (TPSA) is 20.3 Å². The molecule has 0 spiro atoms. The Balaban J connectivity index is 1.91. The van der Waals surface area contributed by atoms with Gasteiger partial charge in [0.05, 0.1) is 12.5 Å². The van der Waals surface area contributed by atoms with Crippen molar-refractivity contribution in [3.8, 4) is 0 Å². The molecule has 3 aromatic carbocycles. The van der Waals surface area contributed by atoms with E-state index in [2.05, 4.69) is 59.3 Å². The Morgan fingerprint density at radius 2 is 1.72 bits per heavy atom. The highest BCUT2D eigenvalue weighted by Gasteiger charge is 2.34. The van der Waals surface area contributed by atoms with E-state index in [1.165, 1.54) is 11.1 Å². The van der Waals surface area contributed by atoms with E-state index >= 15 is 0 Å². The molecule has 1 heterocycles. The van der Waals surface area contributed by atoms with Crippen molar-refractivity contribution in [1.82, 2.24) is 0 Å². The van der Waals surface area contributed by atoms with Gasteiger partial charge in [-0.2, -0.15) is 0 Å². The van der Waals surface area contributed by atoms with Crippen molar-refractivity contribution in [2.24, 2.45) is 0 Å². The van der Waals surface area contributed by atoms with E-state index in [0.29, 0.717) is 6.42 Å². The Bertz CT molecular complexity index is 933. The van der Waals surface area contributed by atoms with E-state index in [9.17, 15) is 4.79 Å². The summed E-state index contributed by atoms with van der Waals surface area (Å²) in [6.45, 7) is 2.06. The molecule has 124 valence electrons. The van der Waals surface area contributed by atoms with Crippen LogP contribution in [0.4, 0.5) is 5.69 Å². The highest BCUT2D eigenvalue weighted by molar-refractivity contribution is 9.10. The third kappa shape index (κ3) is 3.00. The minimum Gasteiger partial charge on any atom is -0.300 e. The number of hydrogen-bond donors (Lipinski definition) is 0. The summed E-state index contributed by atoms with van der Waals surface area (Å²) in [7, 11) is 0. The van der Waals surface area contributed by atoms with Crippen LogP contribution in [0.1, 0.15) is 28.3 Å². The molecule has 4 rings (SSSR count). The second-order valence-electron chi connectivity index (χ2n) is 6.43. The first-order chi connectivity index (χ1) is 12.1. The monoisotopic (exact) mass is 391 g/mol. The van der Waals surface area contributed by atoms with Gasteiger partial charge in [0.15, 0.2) is 0 Å². The maximum absolute atomic E-state index is 13.0. The number of rotatable bonds is 2. The summed E-state index contributed by atoms with van der Waals surface area (Å²) in [6, 6.07) is 24.5. The van der Waals surface area contributed by atoms with Gasteiger partial charge < -0.3 is 4.90 Å². The average Bonchev–Trinajstić information content (AvgIpc) is 2.61. The Kier molecular flexibility index (Phi) is 4.18. The largest absolute Gasteiger partial charge is 0.300 e. The Labute approximate surface area is 156 Å². The smallest absolute Gasteiger partial charge is 0.232 e. The lowest BCUT2D eigenvalue weighted by atomic mass is 9.87. The number of halogens is 1. The number of hydrogen-bond acceptors (Lipinski definition) is 1. The van der Waals surface area contributed by atoms with Crippen molar-refractivity contribution >= 4 is 27.5 Å². The van der Waals surface area contributed by atoms with Gasteiger partial charge in [-0.25, -0.2) is 0 Å². The van der Waals surface area contributed by atoms with E-state index in [4.69, 9.17) is 0 Å². The zero-order valence-electron chi connectivity index (χ0n) is 13.9. The van der Waals surface area contributed by atoms with Gasteiger partial charge in [0.25, 0.3) is 0 Å². The van der Waals surface area contributed by atoms with Gasteiger partial charge >= 0.3 is 0 Å². The van der Waals surface area contributed by atoms with Crippen LogP contribution in [0.5, 0.6) is 0 Å². The number of carbonyl (C=O) groups is 1. The predicted molar refractivity (Wildman–Crippen MR) is 105 cm³/mol. The van der Waals surface area contributed by atoms with Gasteiger partial charge in [-0.15, -0.1) is 0 Å². The lowest BCUT2D eigenvalue weighted by Gasteiger charge is -2.37. The van der Waals surface area contributed by atoms with Crippen LogP contribution in [0.25, 0.3) is 0 Å². The molecule has 0 saturated heterocycles. The number of benzene rings is 3. The highest BCUT2D eigenvalue weighted by Crippen LogP contribution is 2.39. The minimum atomic E-state index is -0.113. The summed E-state index contributed by atoms with van der Waals surface area (Å²) in [5, 5.41) is 0. The third-order valence-corrected chi connectivity index (χ3v) is 5.19. The fourth-order valence-corrected chi connectivity index (χ4v) is 3.91. The molecular formula is C22H18BrNO. The van der Waals surface area contributed by atoms with Crippen molar-refractivity contribution in [3.63, 3.8) is 0 Å². The number of nitrogens with zero attached hydrogens (tertiary/aromatic N) is 1. The highest BCUT2D eigenvalue weighted by atomic mass is 79.9. The number of amides is 1. The molecule has 1 aliphatic heterocycles. The van der Waals surface area contributed by atoms with E-state index in [0.717, 1.165) is 21.3 Å². The van der Waals surface area contributed by atoms with Crippen LogP contribution < -0.4 is 4.90 Å². The molecule has 3 aromatic rings. The molecule has 0 saturated carbocycles. The Morgan fingerprint density at radius 3 is 2.48 bits per heavy atom. The molecule has 0 radical (unpaired) electrons. The fourth-order valence-electron chi connectivity index (χ4n) is 3.50. The van der Waals surface area contributed by atoms with Crippen LogP contribution in [0, 0.1) is 6.92 Å². The average molecular weight is 392 g/mol. The van der Waals surface area contributed by atoms with Gasteiger partial charge in [0.1, 0.15) is 0 Å². The zero-order chi connectivity index (χ0) is 17.4. The van der Waals surface area contributed by atoms with Gasteiger partial charge in [0, 0.05) is 10.2 Å². The molecule has 1 amide bonds. The van der Waals surface area contributed by atoms with Crippen LogP contribution in [0.2, 0.25) is 0 Å². The van der Waals surface area contributed by atoms with Gasteiger partial charge in [-0.05, 0) is 47.9 Å². The zero-order valence-corrected chi connectivity index (χ0v) is 15.5. The number of anilines is 1. The molecule has 1 atom stereocenters. The van der Waals surface area contributed by atoms with Crippen molar-refractivity contribution < 1.29 is 4.79 Å². The van der Waals surface area contributed by atoms with E-state index < -0.39 is 0 Å². The Hall–Kier alpha value is -2.39. The van der Waals surface area contributed by atoms with Crippen LogP contribution in [-0.2, 0) is 11.2 Å². The van der Waals surface area contributed by atoms with Crippen molar-refractivity contribution in [3.05, 3.63) is 99.5 Å². The lowest BCUT2D eigenvalue weighted by Crippen LogP contribution is -2.41. The maximum atomic E-state index is 13.0. The normalized spacial score (nSPS) is 16.6. The first-order valence-electron chi connectivity index (χ1n) is 8.35. The number of carbonyl (C=O) groups excluding carboxylic acids is 1. The SMILES string of the molecule is Cc1ccc(N2C(=O)Cc3ccccc3C2c2cccc(Br)c2)cc1. The van der Waals surface area contributed by atoms with E-state index in [1.54, 1.807) is 0 Å². The standard InChI is InChI=1S/C22H18BrNO/c1-15-9-11-19(12-10-15)24-21(25)14-16-5-2-3-8-20(16)22(24)17-6-4-7-18(23)13-17/h2-13,22H,14H2,1H3. The second kappa shape index (κ2) is 6.49. The van der Waals surface area contributed by atoms with Gasteiger partial charge in [0.2, 0.25) is 5.91 Å². The van der Waals surface area contributed by atoms with Crippen molar-refractivity contribution in [2.45, 2.75) is 19.4 Å². The van der Waals surface area contributed by atoms with Crippen LogP contribution in [0.15, 0.2) is 77.3 Å². The van der Waals surface area contributed by atoms with Crippen LogP contribution in [-0.4, -0.2) is 5.91 Å². The van der Waals surface area contributed by atoms with E-state index in [1.807, 2.05) is 41.3 Å². The molecule has 0 fully saturated rings. The first-order valence-corrected chi connectivity index (χ1v) is 9.15. The Morgan fingerprint density at radius 1 is 0.960 bits per heavy atom. The maximum Gasteiger partial charge on any atom is 0.232 e. The lowest BCUT2D eigenvalue weighted by molar-refractivity contribution is -0.118. The molecule has 1 unspecified atom stereocenters. The molecule has 1 aliphatic rings. The summed E-state index contributed by atoms with van der Waals surface area (Å²) in [5.74, 6) is 0.132. The summed E-state index contributed by atoms with van der Waals surface area (Å²) in [4.78, 5) is 15.0. The number of aryl methyl sites for hydroxylation is 1. The molecule has 0 aromatic heterocycles. The second-order valence-corrected chi connectivity index (χ2v) is 7.35. The van der Waals surface area contributed by atoms with Crippen LogP contribution >= 0.6 is 15.9 Å². The first kappa shape index (κ1) is 16.1. The quantitative estimate of drug-likeness (QED) is 0.569. The van der Waals surface area contributed by atoms with Crippen LogP contribution in [0.3, 0.4) is 0 Å². The van der Waals surface area contributed by atoms with Crippen molar-refractivity contribution in [2.75, 3.05) is 4.90 Å². The predicted octanol–water partition coefficient (Wildman–Crippen LogP) is 5.44. The van der Waals surface area contributed by atoms with Gasteiger partial charge in [-0.1, -0.05) is 70.0 Å². The molecule has 0 N–H and O–H groups in total. The van der Waals surface area contributed by atoms with Gasteiger partial charge in [-0.3, -0.25) is 4.79 Å². The molecular weight excluding hydrogens is 374 g/mol. The minimum absolute atomic E-state index is 0.113. The molecule has 0 aliphatic carbocycles. The molecule has 2 nitrogen and oxygen atoms in total. The molecule has 0 bridgehead atoms. The third-order valence-electron chi connectivity index (χ3n) is 4.69. The van der Waals surface area contributed by atoms with E-state index in [-0.39, 0.29) is 11.9 Å². The fraction of sp³-hybridized carbons (Fsp3) is 0.136. The summed E-state index contributed by atoms with van der Waals surface area (Å²) >= 11 is 3.57. The summed E-state index contributed by atoms with van der Waals surface area (Å²) < 4.78 is 1.02. The summed E-state index contributed by atoms with van der Waals surface area (Å²) in [5.41, 5.74) is 5.54. The number of fused-ring (bicyclic) bond motifs is 1. The molecule has 25 heavy (non-hydrogen) atoms. The summed E-state index contributed by atoms with van der Waals surface area (Å²) in [6.07, 6.45) is 0.439. The molecule has 3 heteroatoms.